The van der Waals surface area contributed by atoms with Gasteiger partial charge < -0.3 is 4.74 Å². The molecule has 1 heterocycles. The largest absolute Gasteiger partial charge is 0.475 e. The lowest BCUT2D eigenvalue weighted by Gasteiger charge is -2.07. The van der Waals surface area contributed by atoms with E-state index in [1.54, 1.807) is 0 Å². The first-order valence-corrected chi connectivity index (χ1v) is 5.06. The van der Waals surface area contributed by atoms with Gasteiger partial charge in [-0.05, 0) is 24.3 Å². The third kappa shape index (κ3) is 2.62. The molecule has 18 heavy (non-hydrogen) atoms. The van der Waals surface area contributed by atoms with Gasteiger partial charge in [0, 0.05) is 0 Å². The molecule has 2 aromatic rings. The van der Waals surface area contributed by atoms with Gasteiger partial charge in [0.15, 0.2) is 5.75 Å². The van der Waals surface area contributed by atoms with E-state index in [9.17, 15) is 13.2 Å². The molecule has 1 aromatic heterocycles. The quantitative estimate of drug-likeness (QED) is 0.857. The van der Waals surface area contributed by atoms with Gasteiger partial charge in [-0.15, -0.1) is 0 Å². The summed E-state index contributed by atoms with van der Waals surface area (Å²) in [5, 5.41) is 3.95. The first-order chi connectivity index (χ1) is 8.50. The minimum Gasteiger partial charge on any atom is -0.475 e. The van der Waals surface area contributed by atoms with Crippen LogP contribution in [0.3, 0.4) is 0 Å². The number of halogens is 3. The van der Waals surface area contributed by atoms with E-state index < -0.39 is 11.7 Å². The summed E-state index contributed by atoms with van der Waals surface area (Å²) >= 11 is 0. The van der Waals surface area contributed by atoms with Crippen LogP contribution >= 0.6 is 0 Å². The van der Waals surface area contributed by atoms with Crippen molar-refractivity contribution in [3.8, 4) is 11.4 Å². The number of rotatable bonds is 3. The molecule has 0 fully saturated rings. The maximum atomic E-state index is 12.4. The molecule has 0 saturated carbocycles. The van der Waals surface area contributed by atoms with Crippen molar-refractivity contribution < 1.29 is 17.9 Å². The molecule has 0 aliphatic heterocycles. The van der Waals surface area contributed by atoms with Gasteiger partial charge in [0.2, 0.25) is 0 Å². The van der Waals surface area contributed by atoms with Crippen molar-refractivity contribution in [2.45, 2.75) is 6.18 Å². The molecule has 96 valence electrons. The van der Waals surface area contributed by atoms with Crippen LogP contribution in [0.4, 0.5) is 13.2 Å². The predicted molar refractivity (Wildman–Crippen MR) is 58.2 cm³/mol. The highest BCUT2D eigenvalue weighted by atomic mass is 19.4. The average molecular weight is 257 g/mol. The van der Waals surface area contributed by atoms with Gasteiger partial charge in [0.25, 0.3) is 0 Å². The lowest BCUT2D eigenvalue weighted by atomic mass is 10.2. The SMILES string of the molecule is NCOc1cnn(-c2ccc(C(F)(F)F)cc2)c1. The zero-order chi connectivity index (χ0) is 13.2. The Morgan fingerprint density at radius 1 is 1.22 bits per heavy atom. The van der Waals surface area contributed by atoms with E-state index in [0.29, 0.717) is 11.4 Å². The average Bonchev–Trinajstić information content (AvgIpc) is 2.77. The number of hydrogen-bond donors (Lipinski definition) is 1. The van der Waals surface area contributed by atoms with E-state index in [2.05, 4.69) is 5.10 Å². The monoisotopic (exact) mass is 257 g/mol. The molecule has 2 rings (SSSR count). The number of ether oxygens (including phenoxy) is 1. The van der Waals surface area contributed by atoms with Crippen LogP contribution in [0.2, 0.25) is 0 Å². The maximum Gasteiger partial charge on any atom is 0.416 e. The highest BCUT2D eigenvalue weighted by Crippen LogP contribution is 2.29. The molecular weight excluding hydrogens is 247 g/mol. The lowest BCUT2D eigenvalue weighted by Crippen LogP contribution is -2.06. The predicted octanol–water partition coefficient (Wildman–Crippen LogP) is 2.19. The molecule has 0 amide bonds. The number of hydrogen-bond acceptors (Lipinski definition) is 3. The van der Waals surface area contributed by atoms with Gasteiger partial charge in [-0.25, -0.2) is 4.68 Å². The summed E-state index contributed by atoms with van der Waals surface area (Å²) in [6.07, 6.45) is -1.36. The standard InChI is InChI=1S/C11H10F3N3O/c12-11(13,14)8-1-3-9(4-2-8)17-6-10(5-16-17)18-7-15/h1-6H,7,15H2. The summed E-state index contributed by atoms with van der Waals surface area (Å²) < 4.78 is 43.5. The fourth-order valence-electron chi connectivity index (χ4n) is 1.42. The summed E-state index contributed by atoms with van der Waals surface area (Å²) in [4.78, 5) is 0. The smallest absolute Gasteiger partial charge is 0.416 e. The van der Waals surface area contributed by atoms with Crippen molar-refractivity contribution in [2.24, 2.45) is 5.73 Å². The van der Waals surface area contributed by atoms with Crippen molar-refractivity contribution in [1.29, 1.82) is 0 Å². The van der Waals surface area contributed by atoms with Crippen LogP contribution in [0.1, 0.15) is 5.56 Å². The molecule has 1 aromatic carbocycles. The lowest BCUT2D eigenvalue weighted by molar-refractivity contribution is -0.137. The van der Waals surface area contributed by atoms with Gasteiger partial charge in [0.1, 0.15) is 6.73 Å². The van der Waals surface area contributed by atoms with E-state index in [-0.39, 0.29) is 6.73 Å². The number of aromatic nitrogens is 2. The Kier molecular flexibility index (Phi) is 3.24. The number of benzene rings is 1. The molecule has 0 unspecified atom stereocenters. The van der Waals surface area contributed by atoms with Gasteiger partial charge in [-0.1, -0.05) is 0 Å². The maximum absolute atomic E-state index is 12.4. The minimum atomic E-state index is -4.34. The molecule has 0 spiro atoms. The van der Waals surface area contributed by atoms with Crippen molar-refractivity contribution in [3.63, 3.8) is 0 Å². The second-order valence-corrected chi connectivity index (χ2v) is 3.48. The van der Waals surface area contributed by atoms with Crippen LogP contribution in [0, 0.1) is 0 Å². The number of nitrogens with two attached hydrogens (primary N) is 1. The van der Waals surface area contributed by atoms with Gasteiger partial charge in [0.05, 0.1) is 23.6 Å². The molecule has 0 bridgehead atoms. The Bertz CT molecular complexity index is 519. The Morgan fingerprint density at radius 3 is 2.44 bits per heavy atom. The summed E-state index contributed by atoms with van der Waals surface area (Å²) in [6, 6.07) is 4.67. The highest BCUT2D eigenvalue weighted by Gasteiger charge is 2.29. The molecule has 0 atom stereocenters. The van der Waals surface area contributed by atoms with Crippen LogP contribution in [0.15, 0.2) is 36.7 Å². The van der Waals surface area contributed by atoms with Gasteiger partial charge in [-0.3, -0.25) is 5.73 Å². The highest BCUT2D eigenvalue weighted by molar-refractivity contribution is 5.36. The second kappa shape index (κ2) is 4.69. The van der Waals surface area contributed by atoms with Crippen molar-refractivity contribution in [1.82, 2.24) is 9.78 Å². The van der Waals surface area contributed by atoms with E-state index in [1.807, 2.05) is 0 Å². The van der Waals surface area contributed by atoms with Crippen LogP contribution in [-0.2, 0) is 6.18 Å². The molecule has 0 saturated heterocycles. The van der Waals surface area contributed by atoms with Crippen molar-refractivity contribution >= 4 is 0 Å². The molecule has 0 aliphatic carbocycles. The summed E-state index contributed by atoms with van der Waals surface area (Å²) in [5.74, 6) is 0.456. The molecule has 4 nitrogen and oxygen atoms in total. The second-order valence-electron chi connectivity index (χ2n) is 3.48. The first kappa shape index (κ1) is 12.4. The van der Waals surface area contributed by atoms with Crippen LogP contribution in [0.5, 0.6) is 5.75 Å². The molecule has 7 heteroatoms. The zero-order valence-corrected chi connectivity index (χ0v) is 9.19. The number of nitrogens with zero attached hydrogens (tertiary/aromatic N) is 2. The summed E-state index contributed by atoms with van der Waals surface area (Å²) in [7, 11) is 0. The van der Waals surface area contributed by atoms with Crippen LogP contribution in [-0.4, -0.2) is 16.5 Å². The zero-order valence-electron chi connectivity index (χ0n) is 9.19. The molecular formula is C11H10F3N3O. The van der Waals surface area contributed by atoms with E-state index in [4.69, 9.17) is 10.5 Å². The number of alkyl halides is 3. The Balaban J connectivity index is 2.23. The fourth-order valence-corrected chi connectivity index (χ4v) is 1.42. The Hall–Kier alpha value is -2.02. The molecule has 0 radical (unpaired) electrons. The summed E-state index contributed by atoms with van der Waals surface area (Å²) in [6.45, 7) is 0.0126. The van der Waals surface area contributed by atoms with Gasteiger partial charge in [-0.2, -0.15) is 18.3 Å². The van der Waals surface area contributed by atoms with E-state index >= 15 is 0 Å². The third-order valence-electron chi connectivity index (χ3n) is 2.27. The van der Waals surface area contributed by atoms with Crippen molar-refractivity contribution in [3.05, 3.63) is 42.2 Å². The summed E-state index contributed by atoms with van der Waals surface area (Å²) in [5.41, 5.74) is 5.00. The first-order valence-electron chi connectivity index (χ1n) is 5.06. The fraction of sp³-hybridized carbons (Fsp3) is 0.182. The van der Waals surface area contributed by atoms with Crippen LogP contribution in [0.25, 0.3) is 5.69 Å². The third-order valence-corrected chi connectivity index (χ3v) is 2.27. The normalized spacial score (nSPS) is 11.6. The van der Waals surface area contributed by atoms with Crippen molar-refractivity contribution in [2.75, 3.05) is 6.73 Å². The molecule has 2 N–H and O–H groups in total. The Labute approximate surface area is 101 Å². The topological polar surface area (TPSA) is 53.1 Å². The van der Waals surface area contributed by atoms with Crippen LogP contribution < -0.4 is 10.5 Å². The van der Waals surface area contributed by atoms with Gasteiger partial charge >= 0.3 is 6.18 Å². The van der Waals surface area contributed by atoms with E-state index in [1.165, 1.54) is 29.2 Å². The Morgan fingerprint density at radius 2 is 1.89 bits per heavy atom. The molecule has 0 aliphatic rings. The minimum absolute atomic E-state index is 0.0126. The van der Waals surface area contributed by atoms with E-state index in [0.717, 1.165) is 12.1 Å².